The van der Waals surface area contributed by atoms with Gasteiger partial charge in [0, 0.05) is 6.42 Å². The minimum atomic E-state index is -3.51. The van der Waals surface area contributed by atoms with E-state index in [2.05, 4.69) is 6.07 Å². The Morgan fingerprint density at radius 3 is 2.20 bits per heavy atom. The average molecular weight is 312 g/mol. The van der Waals surface area contributed by atoms with Gasteiger partial charge in [-0.25, -0.2) is 13.2 Å². The van der Waals surface area contributed by atoms with Gasteiger partial charge in [-0.15, -0.1) is 0 Å². The Bertz CT molecular complexity index is 269. The molecule has 1 unspecified atom stereocenters. The van der Waals surface area contributed by atoms with Crippen molar-refractivity contribution in [2.45, 2.75) is 18.0 Å². The van der Waals surface area contributed by atoms with Crippen molar-refractivity contribution in [3.8, 4) is 0 Å². The predicted molar refractivity (Wildman–Crippen MR) is 50.4 cm³/mol. The van der Waals surface area contributed by atoms with Crippen molar-refractivity contribution in [3.63, 3.8) is 0 Å². The van der Waals surface area contributed by atoms with E-state index in [4.69, 9.17) is 11.6 Å². The van der Waals surface area contributed by atoms with Gasteiger partial charge >= 0.3 is 23.1 Å². The summed E-state index contributed by atoms with van der Waals surface area (Å²) in [6, 6.07) is 8.57. The van der Waals surface area contributed by atoms with Crippen LogP contribution in [0.2, 0.25) is 0 Å². The van der Waals surface area contributed by atoms with Gasteiger partial charge in [0.2, 0.25) is 5.63 Å². The number of benzene rings is 1. The molecule has 6 heteroatoms. The third kappa shape index (κ3) is 5.99. The predicted octanol–water partition coefficient (Wildman–Crippen LogP) is -0.178. The van der Waals surface area contributed by atoms with E-state index in [1.54, 1.807) is 0 Å². The summed E-state index contributed by atoms with van der Waals surface area (Å²) in [4.78, 5) is 0. The molecule has 0 saturated heterocycles. The summed E-state index contributed by atoms with van der Waals surface area (Å²) in [5, 5.41) is 0. The normalized spacial score (nSPS) is 12.3. The number of rotatable bonds is 3. The van der Waals surface area contributed by atoms with E-state index in [0.29, 0.717) is 5.56 Å². The number of hydrogen-bond acceptors (Lipinski definition) is 0. The zero-order chi connectivity index (χ0) is 9.90. The summed E-state index contributed by atoms with van der Waals surface area (Å²) in [6.45, 7) is 0. The van der Waals surface area contributed by atoms with E-state index < -0.39 is 18.0 Å². The van der Waals surface area contributed by atoms with Gasteiger partial charge in [0.25, 0.3) is 5.92 Å². The Morgan fingerprint density at radius 2 is 1.80 bits per heavy atom. The summed E-state index contributed by atoms with van der Waals surface area (Å²) in [6.07, 6.45) is -0.688. The quantitative estimate of drug-likeness (QED) is 0.413. The minimum absolute atomic E-state index is 0. The van der Waals surface area contributed by atoms with Crippen LogP contribution < -0.4 is 17.0 Å². The molecule has 0 heterocycles. The van der Waals surface area contributed by atoms with E-state index in [1.807, 2.05) is 0 Å². The molecule has 0 aliphatic carbocycles. The molecule has 0 aliphatic rings. The summed E-state index contributed by atoms with van der Waals surface area (Å²) in [5.74, 6) is -3.51. The molecule has 80 valence electrons. The minimum Gasteiger partial charge on any atom is -1.00 e. The fraction of sp³-hybridized carbons (Fsp3) is 0.333. The van der Waals surface area contributed by atoms with E-state index in [1.165, 1.54) is 24.3 Å². The van der Waals surface area contributed by atoms with Gasteiger partial charge in [0.05, 0.1) is 0 Å². The van der Waals surface area contributed by atoms with E-state index in [9.17, 15) is 13.2 Å². The van der Waals surface area contributed by atoms with Crippen LogP contribution in [0, 0.1) is 6.07 Å². The zero-order valence-electron chi connectivity index (χ0n) is 7.69. The summed E-state index contributed by atoms with van der Waals surface area (Å²) in [5.41, 5.74) is -2.30. The topological polar surface area (TPSA) is 0 Å². The first-order valence-electron chi connectivity index (χ1n) is 3.63. The fourth-order valence-electron chi connectivity index (χ4n) is 0.889. The summed E-state index contributed by atoms with van der Waals surface area (Å²) >= 11 is 4.69. The summed E-state index contributed by atoms with van der Waals surface area (Å²) < 4.78 is 37.6. The third-order valence-corrected chi connectivity index (χ3v) is 1.87. The molecule has 0 N–H and O–H groups in total. The van der Waals surface area contributed by atoms with Gasteiger partial charge in [-0.3, -0.25) is 0 Å². The van der Waals surface area contributed by atoms with Crippen LogP contribution in [0.3, 0.4) is 0 Å². The molecule has 0 saturated carbocycles. The smallest absolute Gasteiger partial charge is 1.00 e. The van der Waals surface area contributed by atoms with Crippen molar-refractivity contribution in [2.75, 3.05) is 0 Å². The maximum Gasteiger partial charge on any atom is 2.00 e. The molecule has 1 aromatic rings. The van der Waals surface area contributed by atoms with Crippen LogP contribution in [0.1, 0.15) is 5.56 Å². The zero-order valence-corrected chi connectivity index (χ0v) is 11.4. The number of alkyl halides is 4. The Labute approximate surface area is 118 Å². The molecule has 1 rings (SSSR count). The van der Waals surface area contributed by atoms with Crippen LogP contribution in [-0.4, -0.2) is 34.6 Å². The Kier molecular flexibility index (Phi) is 9.27. The van der Waals surface area contributed by atoms with Gasteiger partial charge in [-0.05, 0) is 0 Å². The SMILES string of the molecule is FC(Cl)C(F)(F)Cc1cc[c-]cc1.[Br-].[Mg+2]. The van der Waals surface area contributed by atoms with Crippen molar-refractivity contribution in [1.82, 2.24) is 0 Å². The van der Waals surface area contributed by atoms with Crippen molar-refractivity contribution in [3.05, 3.63) is 35.9 Å². The monoisotopic (exact) mass is 310 g/mol. The third-order valence-electron chi connectivity index (χ3n) is 1.55. The number of halogens is 5. The molecule has 15 heavy (non-hydrogen) atoms. The van der Waals surface area contributed by atoms with Crippen LogP contribution in [0.25, 0.3) is 0 Å². The maximum absolute atomic E-state index is 12.7. The second-order valence-corrected chi connectivity index (χ2v) is 3.03. The molecule has 0 aliphatic heterocycles. The van der Waals surface area contributed by atoms with E-state index in [0.717, 1.165) is 0 Å². The molecular weight excluding hydrogens is 305 g/mol. The summed E-state index contributed by atoms with van der Waals surface area (Å²) in [7, 11) is 0. The largest absolute Gasteiger partial charge is 2.00 e. The molecule has 0 bridgehead atoms. The molecule has 1 atom stereocenters. The van der Waals surface area contributed by atoms with Gasteiger partial charge in [0.15, 0.2) is 0 Å². The average Bonchev–Trinajstić information content (AvgIpc) is 2.05. The molecule has 0 fully saturated rings. The van der Waals surface area contributed by atoms with Crippen molar-refractivity contribution < 1.29 is 30.2 Å². The fourth-order valence-corrected chi connectivity index (χ4v) is 0.966. The van der Waals surface area contributed by atoms with Crippen LogP contribution in [0.5, 0.6) is 0 Å². The molecule has 0 aromatic heterocycles. The molecule has 0 amide bonds. The Balaban J connectivity index is 0. The Morgan fingerprint density at radius 1 is 1.33 bits per heavy atom. The van der Waals surface area contributed by atoms with Gasteiger partial charge in [-0.2, -0.15) is 35.9 Å². The Hall–Kier alpha value is 0.546. The molecule has 0 radical (unpaired) electrons. The van der Waals surface area contributed by atoms with Crippen LogP contribution in [0.4, 0.5) is 13.2 Å². The van der Waals surface area contributed by atoms with Gasteiger partial charge in [0.1, 0.15) is 0 Å². The molecule has 1 aromatic carbocycles. The first kappa shape index (κ1) is 17.9. The maximum atomic E-state index is 12.7. The van der Waals surface area contributed by atoms with Crippen LogP contribution >= 0.6 is 11.6 Å². The van der Waals surface area contributed by atoms with Crippen LogP contribution in [-0.2, 0) is 6.42 Å². The molecule has 0 spiro atoms. The van der Waals surface area contributed by atoms with Gasteiger partial charge in [-0.1, -0.05) is 11.6 Å². The van der Waals surface area contributed by atoms with Crippen LogP contribution in [0.15, 0.2) is 24.3 Å². The second-order valence-electron chi connectivity index (χ2n) is 2.65. The molecular formula is C9H7BrClF3Mg. The first-order valence-corrected chi connectivity index (χ1v) is 4.07. The van der Waals surface area contributed by atoms with Crippen molar-refractivity contribution in [2.24, 2.45) is 0 Å². The second kappa shape index (κ2) is 7.76. The first-order chi connectivity index (χ1) is 6.02. The molecule has 0 nitrogen and oxygen atoms in total. The van der Waals surface area contributed by atoms with Crippen molar-refractivity contribution >= 4 is 34.7 Å². The van der Waals surface area contributed by atoms with Gasteiger partial charge < -0.3 is 17.0 Å². The van der Waals surface area contributed by atoms with E-state index >= 15 is 0 Å². The number of hydrogen-bond donors (Lipinski definition) is 0. The van der Waals surface area contributed by atoms with E-state index in [-0.39, 0.29) is 40.0 Å². The standard InChI is InChI=1S/C9H7ClF3.BrH.Mg/c10-8(11)9(12,13)6-7-4-2-1-3-5-7;;/h2-5,8H,6H2;1H;/q-1;;+2/p-1. The van der Waals surface area contributed by atoms with Crippen molar-refractivity contribution in [1.29, 1.82) is 0 Å².